The van der Waals surface area contributed by atoms with Crippen molar-refractivity contribution in [2.75, 3.05) is 5.32 Å². The molecule has 2 rings (SSSR count). The number of thiocarbonyl (C=S) groups is 1. The number of carbonyl (C=O) groups excluding carboxylic acids is 1. The first-order valence-electron chi connectivity index (χ1n) is 8.20. The van der Waals surface area contributed by atoms with Crippen molar-refractivity contribution in [1.29, 1.82) is 0 Å². The van der Waals surface area contributed by atoms with Gasteiger partial charge >= 0.3 is 6.09 Å². The minimum absolute atomic E-state index is 0.0589. The van der Waals surface area contributed by atoms with Crippen LogP contribution in [0.3, 0.4) is 0 Å². The van der Waals surface area contributed by atoms with Crippen LogP contribution in [0.25, 0.3) is 0 Å². The van der Waals surface area contributed by atoms with Crippen LogP contribution < -0.4 is 10.6 Å². The molecule has 1 aliphatic rings. The van der Waals surface area contributed by atoms with Crippen LogP contribution in [-0.2, 0) is 10.3 Å². The summed E-state index contributed by atoms with van der Waals surface area (Å²) in [5.41, 5.74) is -4.09. The summed E-state index contributed by atoms with van der Waals surface area (Å²) in [5.74, 6) is -0.692. The van der Waals surface area contributed by atoms with E-state index in [1.54, 1.807) is 20.8 Å². The second kappa shape index (κ2) is 6.72. The summed E-state index contributed by atoms with van der Waals surface area (Å²) in [4.78, 5) is 11.7. The molecular formula is C18H23F3N2O2S. The normalized spacial score (nSPS) is 29.1. The summed E-state index contributed by atoms with van der Waals surface area (Å²) < 4.78 is 48.6. The Balaban J connectivity index is 2.32. The highest BCUT2D eigenvalue weighted by Crippen LogP contribution is 2.40. The Morgan fingerprint density at radius 1 is 1.38 bits per heavy atom. The molecule has 1 amide bonds. The molecule has 1 aromatic rings. The molecule has 8 heteroatoms. The second-order valence-corrected chi connectivity index (χ2v) is 8.26. The third-order valence-electron chi connectivity index (χ3n) is 4.21. The lowest BCUT2D eigenvalue weighted by Crippen LogP contribution is -2.61. The van der Waals surface area contributed by atoms with Crippen molar-refractivity contribution < 1.29 is 22.7 Å². The van der Waals surface area contributed by atoms with E-state index in [4.69, 9.17) is 17.0 Å². The van der Waals surface area contributed by atoms with Crippen LogP contribution in [0.4, 0.5) is 23.7 Å². The maximum absolute atomic E-state index is 14.7. The molecule has 0 unspecified atom stereocenters. The zero-order valence-corrected chi connectivity index (χ0v) is 16.2. The molecule has 1 fully saturated rings. The molecule has 4 nitrogen and oxygen atoms in total. The van der Waals surface area contributed by atoms with E-state index in [1.807, 2.05) is 0 Å². The van der Waals surface area contributed by atoms with Crippen molar-refractivity contribution in [2.45, 2.75) is 64.0 Å². The number of anilines is 1. The molecule has 1 heterocycles. The summed E-state index contributed by atoms with van der Waals surface area (Å²) in [6, 6.07) is 3.73. The van der Waals surface area contributed by atoms with Gasteiger partial charge in [0.1, 0.15) is 22.6 Å². The first-order chi connectivity index (χ1) is 11.7. The number of ether oxygens (including phenoxy) is 1. The van der Waals surface area contributed by atoms with Gasteiger partial charge in [-0.1, -0.05) is 12.2 Å². The fourth-order valence-electron chi connectivity index (χ4n) is 2.74. The van der Waals surface area contributed by atoms with E-state index >= 15 is 0 Å². The van der Waals surface area contributed by atoms with E-state index in [0.29, 0.717) is 0 Å². The summed E-state index contributed by atoms with van der Waals surface area (Å²) in [6.45, 7) is 7.72. The first-order valence-corrected chi connectivity index (χ1v) is 8.61. The Kier molecular flexibility index (Phi) is 5.29. The highest BCUT2D eigenvalue weighted by molar-refractivity contribution is 7.80. The van der Waals surface area contributed by atoms with Crippen molar-refractivity contribution in [3.8, 4) is 0 Å². The number of carbonyl (C=O) groups is 1. The number of nitrogens with one attached hydrogen (secondary N) is 2. The van der Waals surface area contributed by atoms with Crippen molar-refractivity contribution in [1.82, 2.24) is 5.32 Å². The van der Waals surface area contributed by atoms with Crippen LogP contribution >= 0.6 is 12.2 Å². The third kappa shape index (κ3) is 4.28. The molecule has 26 heavy (non-hydrogen) atoms. The van der Waals surface area contributed by atoms with E-state index in [0.717, 1.165) is 6.07 Å². The Morgan fingerprint density at radius 2 is 2.00 bits per heavy atom. The van der Waals surface area contributed by atoms with Gasteiger partial charge in [0.05, 0.1) is 5.54 Å². The highest BCUT2D eigenvalue weighted by Gasteiger charge is 2.50. The summed E-state index contributed by atoms with van der Waals surface area (Å²) in [5, 5.41) is 5.09. The van der Waals surface area contributed by atoms with Gasteiger partial charge < -0.3 is 10.1 Å². The number of alkyl halides is 2. The van der Waals surface area contributed by atoms with E-state index in [9.17, 15) is 18.0 Å². The molecule has 3 atom stereocenters. The summed E-state index contributed by atoms with van der Waals surface area (Å²) in [7, 11) is 0. The van der Waals surface area contributed by atoms with E-state index < -0.39 is 41.3 Å². The number of piperidine rings is 1. The molecule has 1 aromatic carbocycles. The zero-order chi connectivity index (χ0) is 19.9. The van der Waals surface area contributed by atoms with Crippen LogP contribution in [0.15, 0.2) is 18.2 Å². The predicted molar refractivity (Wildman–Crippen MR) is 98.4 cm³/mol. The fourth-order valence-corrected chi connectivity index (χ4v) is 3.03. The van der Waals surface area contributed by atoms with Crippen molar-refractivity contribution in [3.63, 3.8) is 0 Å². The van der Waals surface area contributed by atoms with Gasteiger partial charge in [-0.05, 0) is 52.8 Å². The van der Waals surface area contributed by atoms with Crippen LogP contribution in [0.1, 0.15) is 46.6 Å². The lowest BCUT2D eigenvalue weighted by Gasteiger charge is -2.44. The third-order valence-corrected chi connectivity index (χ3v) is 4.73. The van der Waals surface area contributed by atoms with Crippen LogP contribution in [0, 0.1) is 5.82 Å². The number of hydrogen-bond donors (Lipinski definition) is 2. The van der Waals surface area contributed by atoms with Gasteiger partial charge in [-0.15, -0.1) is 0 Å². The number of rotatable bonds is 2. The Morgan fingerprint density at radius 3 is 2.58 bits per heavy atom. The topological polar surface area (TPSA) is 50.4 Å². The van der Waals surface area contributed by atoms with E-state index in [-0.39, 0.29) is 16.2 Å². The second-order valence-electron chi connectivity index (χ2n) is 7.85. The lowest BCUT2D eigenvalue weighted by atomic mass is 9.78. The Hall–Kier alpha value is -1.83. The van der Waals surface area contributed by atoms with Gasteiger partial charge in [-0.25, -0.2) is 18.0 Å². The smallest absolute Gasteiger partial charge is 0.412 e. The lowest BCUT2D eigenvalue weighted by molar-refractivity contribution is 0.0636. The molecule has 2 N–H and O–H groups in total. The van der Waals surface area contributed by atoms with Gasteiger partial charge in [-0.3, -0.25) is 5.32 Å². The maximum Gasteiger partial charge on any atom is 0.412 e. The molecular weight excluding hydrogens is 365 g/mol. The van der Waals surface area contributed by atoms with Gasteiger partial charge in [0, 0.05) is 17.7 Å². The predicted octanol–water partition coefficient (Wildman–Crippen LogP) is 4.77. The number of halogens is 3. The quantitative estimate of drug-likeness (QED) is 0.717. The zero-order valence-electron chi connectivity index (χ0n) is 15.4. The molecule has 0 aromatic heterocycles. The fraction of sp³-hybridized carbons (Fsp3) is 0.556. The molecule has 1 saturated heterocycles. The van der Waals surface area contributed by atoms with Crippen molar-refractivity contribution >= 4 is 29.0 Å². The number of amides is 1. The number of benzene rings is 1. The van der Waals surface area contributed by atoms with Crippen LogP contribution in [-0.4, -0.2) is 28.5 Å². The average Bonchev–Trinajstić information content (AvgIpc) is 2.45. The van der Waals surface area contributed by atoms with Crippen molar-refractivity contribution in [3.05, 3.63) is 29.6 Å². The SMILES string of the molecule is CC(C)(C)OC(=O)Nc1ccc(F)c([C@@]2(C)NC(=S)[C@@](C)(F)C[C@@H]2F)c1. The maximum atomic E-state index is 14.7. The Labute approximate surface area is 156 Å². The minimum Gasteiger partial charge on any atom is -0.444 e. The number of hydrogen-bond acceptors (Lipinski definition) is 3. The largest absolute Gasteiger partial charge is 0.444 e. The van der Waals surface area contributed by atoms with Gasteiger partial charge in [0.25, 0.3) is 0 Å². The van der Waals surface area contributed by atoms with Crippen LogP contribution in [0.5, 0.6) is 0 Å². The van der Waals surface area contributed by atoms with E-state index in [1.165, 1.54) is 26.0 Å². The highest BCUT2D eigenvalue weighted by atomic mass is 32.1. The van der Waals surface area contributed by atoms with E-state index in [2.05, 4.69) is 10.6 Å². The van der Waals surface area contributed by atoms with Gasteiger partial charge in [-0.2, -0.15) is 0 Å². The molecule has 144 valence electrons. The molecule has 1 aliphatic heterocycles. The minimum atomic E-state index is -2.00. The van der Waals surface area contributed by atoms with Gasteiger partial charge in [0.15, 0.2) is 5.67 Å². The average molecular weight is 388 g/mol. The monoisotopic (exact) mass is 388 g/mol. The Bertz CT molecular complexity index is 734. The first kappa shape index (κ1) is 20.5. The van der Waals surface area contributed by atoms with Crippen LogP contribution in [0.2, 0.25) is 0 Å². The standard InChI is InChI=1S/C18H23F3N2O2S/c1-16(2,3)25-15(24)22-10-6-7-12(19)11(8-10)18(5)13(20)9-17(4,21)14(26)23-18/h6-8,13H,9H2,1-5H3,(H,22,24)(H,23,26)/t13-,17-,18+/m0/s1. The molecule has 0 bridgehead atoms. The summed E-state index contributed by atoms with van der Waals surface area (Å²) in [6.07, 6.45) is -2.94. The molecule has 0 saturated carbocycles. The molecule has 0 aliphatic carbocycles. The van der Waals surface area contributed by atoms with Crippen molar-refractivity contribution in [2.24, 2.45) is 0 Å². The van der Waals surface area contributed by atoms with Gasteiger partial charge in [0.2, 0.25) is 0 Å². The molecule has 0 radical (unpaired) electrons. The molecule has 0 spiro atoms. The summed E-state index contributed by atoms with van der Waals surface area (Å²) >= 11 is 4.98.